The van der Waals surface area contributed by atoms with Gasteiger partial charge in [-0.1, -0.05) is 61.4 Å². The Morgan fingerprint density at radius 1 is 0.647 bits per heavy atom. The first-order chi connectivity index (χ1) is 16.2. The van der Waals surface area contributed by atoms with Gasteiger partial charge in [-0.25, -0.2) is 0 Å². The van der Waals surface area contributed by atoms with Gasteiger partial charge in [0.05, 0.1) is 0 Å². The van der Waals surface area contributed by atoms with Crippen LogP contribution in [0.25, 0.3) is 32.7 Å². The molecule has 1 heteroatoms. The van der Waals surface area contributed by atoms with Gasteiger partial charge >= 0.3 is 26.2 Å². The summed E-state index contributed by atoms with van der Waals surface area (Å²) in [5, 5.41) is 5.32. The van der Waals surface area contributed by atoms with Crippen molar-refractivity contribution in [3.8, 4) is 11.1 Å². The molecule has 0 bridgehead atoms. The van der Waals surface area contributed by atoms with E-state index in [1.54, 1.807) is 0 Å². The number of hydrogen-bond acceptors (Lipinski definition) is 0. The summed E-state index contributed by atoms with van der Waals surface area (Å²) in [4.78, 5) is 0. The molecule has 0 nitrogen and oxygen atoms in total. The number of fused-ring (bicyclic) bond motifs is 5. The summed E-state index contributed by atoms with van der Waals surface area (Å²) in [7, 11) is 0. The van der Waals surface area contributed by atoms with E-state index in [0.717, 1.165) is 6.42 Å². The molecule has 6 aromatic carbocycles. The monoisotopic (exact) mass is 513 g/mol. The number of benzene rings is 4. The van der Waals surface area contributed by atoms with E-state index in [1.165, 1.54) is 54.9 Å². The summed E-state index contributed by atoms with van der Waals surface area (Å²) in [6.07, 6.45) is 1.05. The molecule has 0 aromatic heterocycles. The summed E-state index contributed by atoms with van der Waals surface area (Å²) in [5.74, 6) is 0. The standard InChI is InChI=1S/C15H13.2C9H7.Zr/c1-10-7-13-9-12-5-3-4-6-14(12)15(13)8-11(10)2;2*1-2-5-9-7-3-6-8(9)4-1;/h3-6,8H,9H2,1-2H3;2*1-7H;/q3*-1;+3. The molecule has 0 amide bonds. The van der Waals surface area contributed by atoms with E-state index in [0.29, 0.717) is 0 Å². The molecule has 0 saturated carbocycles. The van der Waals surface area contributed by atoms with Crippen molar-refractivity contribution >= 4 is 21.5 Å². The average Bonchev–Trinajstić information content (AvgIpc) is 3.58. The molecule has 1 radical (unpaired) electrons. The van der Waals surface area contributed by atoms with Gasteiger partial charge in [0.1, 0.15) is 0 Å². The fourth-order valence-electron chi connectivity index (χ4n) is 4.45. The number of rotatable bonds is 0. The van der Waals surface area contributed by atoms with E-state index < -0.39 is 0 Å². The first-order valence-corrected chi connectivity index (χ1v) is 11.5. The van der Waals surface area contributed by atoms with Crippen LogP contribution in [0.3, 0.4) is 0 Å². The van der Waals surface area contributed by atoms with Gasteiger partial charge in [0.25, 0.3) is 0 Å². The summed E-state index contributed by atoms with van der Waals surface area (Å²) < 4.78 is 0. The molecular formula is C33H27Zr. The second-order valence-electron chi connectivity index (χ2n) is 8.61. The number of aryl methyl sites for hydroxylation is 2. The van der Waals surface area contributed by atoms with Crippen LogP contribution < -0.4 is 0 Å². The largest absolute Gasteiger partial charge is 3.00 e. The average molecular weight is 515 g/mol. The van der Waals surface area contributed by atoms with Gasteiger partial charge in [-0.2, -0.15) is 58.3 Å². The van der Waals surface area contributed by atoms with Gasteiger partial charge in [-0.05, 0) is 6.42 Å². The molecule has 1 aliphatic rings. The third-order valence-corrected chi connectivity index (χ3v) is 6.39. The molecule has 0 heterocycles. The van der Waals surface area contributed by atoms with Gasteiger partial charge in [-0.3, -0.25) is 0 Å². The number of hydrogen-bond donors (Lipinski definition) is 0. The topological polar surface area (TPSA) is 0 Å². The molecule has 34 heavy (non-hydrogen) atoms. The van der Waals surface area contributed by atoms with E-state index in [1.807, 2.05) is 0 Å². The molecule has 163 valence electrons. The molecular weight excluding hydrogens is 488 g/mol. The molecule has 0 N–H and O–H groups in total. The maximum Gasteiger partial charge on any atom is 3.00 e. The van der Waals surface area contributed by atoms with Crippen LogP contribution >= 0.6 is 0 Å². The Balaban J connectivity index is 0.000000125. The van der Waals surface area contributed by atoms with E-state index in [9.17, 15) is 0 Å². The fraction of sp³-hybridized carbons (Fsp3) is 0.0909. The van der Waals surface area contributed by atoms with Crippen LogP contribution in [-0.4, -0.2) is 0 Å². The van der Waals surface area contributed by atoms with Gasteiger partial charge in [0.2, 0.25) is 0 Å². The van der Waals surface area contributed by atoms with Crippen molar-refractivity contribution in [1.29, 1.82) is 0 Å². The smallest absolute Gasteiger partial charge is 0.176 e. The summed E-state index contributed by atoms with van der Waals surface area (Å²) in [6, 6.07) is 43.8. The van der Waals surface area contributed by atoms with Crippen molar-refractivity contribution in [2.24, 2.45) is 0 Å². The molecule has 6 aromatic rings. The van der Waals surface area contributed by atoms with E-state index in [-0.39, 0.29) is 26.2 Å². The first kappa shape index (κ1) is 24.1. The van der Waals surface area contributed by atoms with E-state index in [4.69, 9.17) is 0 Å². The zero-order valence-corrected chi connectivity index (χ0v) is 22.1. The van der Waals surface area contributed by atoms with Gasteiger partial charge < -0.3 is 0 Å². The Kier molecular flexibility index (Phi) is 7.76. The minimum Gasteiger partial charge on any atom is -0.176 e. The Hall–Kier alpha value is -3.02. The Morgan fingerprint density at radius 3 is 1.82 bits per heavy atom. The van der Waals surface area contributed by atoms with E-state index in [2.05, 4.69) is 135 Å². The molecule has 0 atom stereocenters. The van der Waals surface area contributed by atoms with Crippen molar-refractivity contribution in [2.75, 3.05) is 0 Å². The van der Waals surface area contributed by atoms with Crippen molar-refractivity contribution in [1.82, 2.24) is 0 Å². The summed E-state index contributed by atoms with van der Waals surface area (Å²) in [6.45, 7) is 4.30. The van der Waals surface area contributed by atoms with Gasteiger partial charge in [0.15, 0.2) is 0 Å². The van der Waals surface area contributed by atoms with Gasteiger partial charge in [0, 0.05) is 0 Å². The maximum atomic E-state index is 3.50. The normalized spacial score (nSPS) is 10.9. The minimum absolute atomic E-state index is 0. The molecule has 0 unspecified atom stereocenters. The second-order valence-corrected chi connectivity index (χ2v) is 8.61. The minimum atomic E-state index is 0. The summed E-state index contributed by atoms with van der Waals surface area (Å²) >= 11 is 0. The molecule has 0 aliphatic heterocycles. The second kappa shape index (κ2) is 10.9. The summed E-state index contributed by atoms with van der Waals surface area (Å²) in [5.41, 5.74) is 8.20. The molecule has 0 saturated heterocycles. The Bertz CT molecular complexity index is 1390. The zero-order chi connectivity index (χ0) is 22.6. The predicted octanol–water partition coefficient (Wildman–Crippen LogP) is 8.79. The van der Waals surface area contributed by atoms with Crippen LogP contribution in [0.5, 0.6) is 0 Å². The van der Waals surface area contributed by atoms with E-state index >= 15 is 0 Å². The third kappa shape index (κ3) is 5.21. The van der Waals surface area contributed by atoms with Crippen molar-refractivity contribution < 1.29 is 26.2 Å². The van der Waals surface area contributed by atoms with Gasteiger partial charge in [-0.15, -0.1) is 70.4 Å². The van der Waals surface area contributed by atoms with Crippen LogP contribution in [-0.2, 0) is 32.6 Å². The molecule has 0 fully saturated rings. The molecule has 7 rings (SSSR count). The van der Waals surface area contributed by atoms with Crippen LogP contribution in [0.15, 0.2) is 115 Å². The predicted molar refractivity (Wildman–Crippen MR) is 142 cm³/mol. The molecule has 1 aliphatic carbocycles. The van der Waals surface area contributed by atoms with Crippen LogP contribution in [0.4, 0.5) is 0 Å². The maximum absolute atomic E-state index is 3.50. The van der Waals surface area contributed by atoms with Crippen molar-refractivity contribution in [3.05, 3.63) is 144 Å². The third-order valence-electron chi connectivity index (χ3n) is 6.39. The molecule has 0 spiro atoms. The van der Waals surface area contributed by atoms with Crippen LogP contribution in [0.1, 0.15) is 22.3 Å². The Labute approximate surface area is 221 Å². The van der Waals surface area contributed by atoms with Crippen LogP contribution in [0, 0.1) is 19.9 Å². The quantitative estimate of drug-likeness (QED) is 0.177. The SMILES string of the molecule is Cc1[c-]c2c(cc1C)-c1ccccc1C2.[Zr+3].c1ccc2[cH-]ccc2c1.c1ccc2[cH-]ccc2c1. The van der Waals surface area contributed by atoms with Crippen molar-refractivity contribution in [2.45, 2.75) is 20.3 Å². The first-order valence-electron chi connectivity index (χ1n) is 11.5. The zero-order valence-electron chi connectivity index (χ0n) is 19.7. The van der Waals surface area contributed by atoms with Crippen molar-refractivity contribution in [3.63, 3.8) is 0 Å². The Morgan fingerprint density at radius 2 is 1.21 bits per heavy atom. The fourth-order valence-corrected chi connectivity index (χ4v) is 4.45. The van der Waals surface area contributed by atoms with Crippen LogP contribution in [0.2, 0.25) is 0 Å².